The van der Waals surface area contributed by atoms with Gasteiger partial charge in [-0.15, -0.1) is 11.3 Å². The molecule has 4 rings (SSSR count). The molecule has 0 fully saturated rings. The lowest BCUT2D eigenvalue weighted by Gasteiger charge is -2.33. The summed E-state index contributed by atoms with van der Waals surface area (Å²) < 4.78 is 0. The van der Waals surface area contributed by atoms with Gasteiger partial charge in [-0.1, -0.05) is 11.3 Å². The van der Waals surface area contributed by atoms with Crippen LogP contribution in [0, 0.1) is 0 Å². The Morgan fingerprint density at radius 1 is 1.35 bits per heavy atom. The Morgan fingerprint density at radius 2 is 2.25 bits per heavy atom. The van der Waals surface area contributed by atoms with E-state index in [1.165, 1.54) is 10.4 Å². The van der Waals surface area contributed by atoms with E-state index in [4.69, 9.17) is 4.98 Å². The first kappa shape index (κ1) is 12.5. The van der Waals surface area contributed by atoms with E-state index in [0.717, 1.165) is 41.5 Å². The highest BCUT2D eigenvalue weighted by Gasteiger charge is 2.29. The summed E-state index contributed by atoms with van der Waals surface area (Å²) in [6.45, 7) is 3.25. The molecule has 0 spiro atoms. The van der Waals surface area contributed by atoms with Gasteiger partial charge >= 0.3 is 0 Å². The Hall–Kier alpha value is -1.20. The highest BCUT2D eigenvalue weighted by molar-refractivity contribution is 7.17. The van der Waals surface area contributed by atoms with Gasteiger partial charge < -0.3 is 4.90 Å². The van der Waals surface area contributed by atoms with E-state index >= 15 is 0 Å². The van der Waals surface area contributed by atoms with E-state index in [9.17, 15) is 4.79 Å². The van der Waals surface area contributed by atoms with Crippen LogP contribution in [0.25, 0.3) is 0 Å². The van der Waals surface area contributed by atoms with Crippen molar-refractivity contribution in [3.05, 3.63) is 32.5 Å². The monoisotopic (exact) mass is 304 g/mol. The molecule has 0 radical (unpaired) electrons. The Bertz CT molecular complexity index is 673. The predicted molar refractivity (Wildman–Crippen MR) is 83.2 cm³/mol. The average Bonchev–Trinajstić information content (AvgIpc) is 3.06. The Morgan fingerprint density at radius 3 is 3.10 bits per heavy atom. The van der Waals surface area contributed by atoms with Gasteiger partial charge in [0.05, 0.1) is 16.6 Å². The molecule has 0 saturated heterocycles. The minimum Gasteiger partial charge on any atom is -0.341 e. The number of Topliss-reactive ketones (excluding diaryl/α,β-unsaturated/α-hetero) is 1. The molecule has 1 atom stereocenters. The van der Waals surface area contributed by atoms with Crippen LogP contribution in [0.3, 0.4) is 0 Å². The fourth-order valence-electron chi connectivity index (χ4n) is 3.15. The molecule has 0 N–H and O–H groups in total. The second-order valence-corrected chi connectivity index (χ2v) is 7.45. The maximum Gasteiger partial charge on any atom is 0.186 e. The summed E-state index contributed by atoms with van der Waals surface area (Å²) >= 11 is 3.46. The van der Waals surface area contributed by atoms with E-state index in [0.29, 0.717) is 12.5 Å². The van der Waals surface area contributed by atoms with E-state index in [2.05, 4.69) is 23.3 Å². The largest absolute Gasteiger partial charge is 0.341 e. The molecule has 1 aliphatic heterocycles. The third-order valence-electron chi connectivity index (χ3n) is 4.28. The van der Waals surface area contributed by atoms with Crippen molar-refractivity contribution < 1.29 is 4.79 Å². The smallest absolute Gasteiger partial charge is 0.186 e. The van der Waals surface area contributed by atoms with Gasteiger partial charge in [-0.05, 0) is 43.2 Å². The lowest BCUT2D eigenvalue weighted by molar-refractivity contribution is 0.0976. The van der Waals surface area contributed by atoms with Gasteiger partial charge in [-0.25, -0.2) is 4.98 Å². The van der Waals surface area contributed by atoms with Crippen molar-refractivity contribution in [3.8, 4) is 0 Å². The van der Waals surface area contributed by atoms with Crippen molar-refractivity contribution in [2.45, 2.75) is 38.6 Å². The Kier molecular flexibility index (Phi) is 2.93. The summed E-state index contributed by atoms with van der Waals surface area (Å²) in [5.41, 5.74) is 2.46. The number of thiazole rings is 1. The number of fused-ring (bicyclic) bond motifs is 2. The summed E-state index contributed by atoms with van der Waals surface area (Å²) in [5.74, 6) is 0.288. The molecule has 0 amide bonds. The molecule has 1 unspecified atom stereocenters. The lowest BCUT2D eigenvalue weighted by atomic mass is 10.0. The minimum atomic E-state index is 0.288. The van der Waals surface area contributed by atoms with E-state index in [-0.39, 0.29) is 5.78 Å². The zero-order valence-corrected chi connectivity index (χ0v) is 13.0. The zero-order chi connectivity index (χ0) is 13.7. The number of carbonyl (C=O) groups is 1. The zero-order valence-electron chi connectivity index (χ0n) is 11.4. The minimum absolute atomic E-state index is 0.288. The van der Waals surface area contributed by atoms with Crippen molar-refractivity contribution in [1.29, 1.82) is 0 Å². The topological polar surface area (TPSA) is 33.2 Å². The van der Waals surface area contributed by atoms with Crippen LogP contribution in [0.5, 0.6) is 0 Å². The third-order valence-corrected chi connectivity index (χ3v) is 6.45. The summed E-state index contributed by atoms with van der Waals surface area (Å²) in [6.07, 6.45) is 3.71. The number of nitrogens with zero attached hydrogens (tertiary/aromatic N) is 2. The molecule has 104 valence electrons. The summed E-state index contributed by atoms with van der Waals surface area (Å²) in [5, 5.41) is 3.22. The second-order valence-electron chi connectivity index (χ2n) is 5.47. The van der Waals surface area contributed by atoms with Crippen molar-refractivity contribution in [2.75, 3.05) is 11.4 Å². The standard InChI is InChI=1S/C15H16N2OS2/c1-9-10-6-8-19-13(10)5-7-17(9)15-16-11-3-2-4-12(18)14(11)20-15/h6,8-9H,2-5,7H2,1H3. The van der Waals surface area contributed by atoms with E-state index in [1.54, 1.807) is 11.3 Å². The van der Waals surface area contributed by atoms with Crippen LogP contribution in [0.1, 0.15) is 51.6 Å². The molecule has 20 heavy (non-hydrogen) atoms. The van der Waals surface area contributed by atoms with Crippen LogP contribution >= 0.6 is 22.7 Å². The maximum absolute atomic E-state index is 12.0. The van der Waals surface area contributed by atoms with Crippen LogP contribution in [0.2, 0.25) is 0 Å². The molecule has 3 heterocycles. The number of anilines is 1. The third kappa shape index (κ3) is 1.84. The molecule has 3 nitrogen and oxygen atoms in total. The van der Waals surface area contributed by atoms with Crippen molar-refractivity contribution in [2.24, 2.45) is 0 Å². The summed E-state index contributed by atoms with van der Waals surface area (Å²) in [4.78, 5) is 21.5. The molecule has 0 saturated carbocycles. The summed E-state index contributed by atoms with van der Waals surface area (Å²) in [6, 6.07) is 2.60. The number of aromatic nitrogens is 1. The first-order chi connectivity index (χ1) is 9.74. The highest BCUT2D eigenvalue weighted by atomic mass is 32.1. The second kappa shape index (κ2) is 4.67. The lowest BCUT2D eigenvalue weighted by Crippen LogP contribution is -2.32. The van der Waals surface area contributed by atoms with Crippen LogP contribution < -0.4 is 4.90 Å². The molecule has 2 aromatic heterocycles. The number of rotatable bonds is 1. The SMILES string of the molecule is CC1c2ccsc2CCN1c1nc2c(s1)C(=O)CCC2. The van der Waals surface area contributed by atoms with E-state index < -0.39 is 0 Å². The fraction of sp³-hybridized carbons (Fsp3) is 0.467. The van der Waals surface area contributed by atoms with E-state index in [1.807, 2.05) is 11.3 Å². The molecule has 0 bridgehead atoms. The van der Waals surface area contributed by atoms with Crippen molar-refractivity contribution >= 4 is 33.6 Å². The number of hydrogen-bond acceptors (Lipinski definition) is 5. The van der Waals surface area contributed by atoms with Crippen LogP contribution in [0.15, 0.2) is 11.4 Å². The Labute approximate surface area is 126 Å². The first-order valence-corrected chi connectivity index (χ1v) is 8.79. The van der Waals surface area contributed by atoms with Gasteiger partial charge in [0, 0.05) is 17.8 Å². The van der Waals surface area contributed by atoms with Crippen molar-refractivity contribution in [1.82, 2.24) is 4.98 Å². The molecule has 2 aromatic rings. The molecular formula is C15H16N2OS2. The number of aryl methyl sites for hydroxylation is 1. The molecule has 0 aromatic carbocycles. The van der Waals surface area contributed by atoms with Crippen LogP contribution in [0.4, 0.5) is 5.13 Å². The van der Waals surface area contributed by atoms with Crippen LogP contribution in [-0.4, -0.2) is 17.3 Å². The Balaban J connectivity index is 1.70. The normalized spacial score (nSPS) is 21.8. The van der Waals surface area contributed by atoms with Gasteiger partial charge in [-0.3, -0.25) is 4.79 Å². The van der Waals surface area contributed by atoms with Crippen molar-refractivity contribution in [3.63, 3.8) is 0 Å². The highest BCUT2D eigenvalue weighted by Crippen LogP contribution is 2.39. The van der Waals surface area contributed by atoms with Gasteiger partial charge in [0.2, 0.25) is 0 Å². The molecule has 5 heteroatoms. The number of hydrogen-bond donors (Lipinski definition) is 0. The maximum atomic E-state index is 12.0. The van der Waals surface area contributed by atoms with Gasteiger partial charge in [0.25, 0.3) is 0 Å². The van der Waals surface area contributed by atoms with Gasteiger partial charge in [0.1, 0.15) is 0 Å². The number of ketones is 1. The molecule has 1 aliphatic carbocycles. The fourth-order valence-corrected chi connectivity index (χ4v) is 5.30. The quantitative estimate of drug-likeness (QED) is 0.802. The predicted octanol–water partition coefficient (Wildman–Crippen LogP) is 3.85. The first-order valence-electron chi connectivity index (χ1n) is 7.10. The van der Waals surface area contributed by atoms with Crippen LogP contribution in [-0.2, 0) is 12.8 Å². The number of carbonyl (C=O) groups excluding carboxylic acids is 1. The average molecular weight is 304 g/mol. The summed E-state index contributed by atoms with van der Waals surface area (Å²) in [7, 11) is 0. The molecular weight excluding hydrogens is 288 g/mol. The van der Waals surface area contributed by atoms with Gasteiger partial charge in [-0.2, -0.15) is 0 Å². The van der Waals surface area contributed by atoms with Gasteiger partial charge in [0.15, 0.2) is 10.9 Å². The number of thiophene rings is 1. The molecule has 2 aliphatic rings.